The maximum absolute atomic E-state index is 13.1. The molecule has 0 unspecified atom stereocenters. The van der Waals surface area contributed by atoms with Crippen molar-refractivity contribution >= 4 is 17.7 Å². The van der Waals surface area contributed by atoms with Gasteiger partial charge in [-0.1, -0.05) is 67.9 Å². The predicted octanol–water partition coefficient (Wildman–Crippen LogP) is 4.03. The summed E-state index contributed by atoms with van der Waals surface area (Å²) in [6.45, 7) is 2.69. The molecule has 0 radical (unpaired) electrons. The molecule has 0 saturated heterocycles. The third-order valence-electron chi connectivity index (χ3n) is 5.49. The van der Waals surface area contributed by atoms with Gasteiger partial charge in [0.05, 0.1) is 0 Å². The summed E-state index contributed by atoms with van der Waals surface area (Å²) in [5, 5.41) is 5.72. The zero-order chi connectivity index (χ0) is 25.0. The monoisotopic (exact) mass is 473 g/mol. The largest absolute Gasteiger partial charge is 0.489 e. The van der Waals surface area contributed by atoms with E-state index in [9.17, 15) is 14.4 Å². The predicted molar refractivity (Wildman–Crippen MR) is 134 cm³/mol. The molecule has 0 aliphatic carbocycles. The van der Waals surface area contributed by atoms with Crippen molar-refractivity contribution in [3.05, 3.63) is 101 Å². The van der Waals surface area contributed by atoms with E-state index < -0.39 is 11.9 Å². The van der Waals surface area contributed by atoms with E-state index in [4.69, 9.17) is 10.5 Å². The molecule has 0 aliphatic heterocycles. The molecule has 3 aromatic rings. The van der Waals surface area contributed by atoms with Gasteiger partial charge in [-0.25, -0.2) is 0 Å². The Hall–Kier alpha value is -4.13. The van der Waals surface area contributed by atoms with Gasteiger partial charge >= 0.3 is 0 Å². The van der Waals surface area contributed by atoms with Crippen molar-refractivity contribution in [3.8, 4) is 5.75 Å². The zero-order valence-electron chi connectivity index (χ0n) is 19.8. The van der Waals surface area contributed by atoms with Crippen LogP contribution < -0.4 is 21.1 Å². The van der Waals surface area contributed by atoms with E-state index in [1.54, 1.807) is 48.5 Å². The molecule has 0 saturated carbocycles. The number of primary amides is 1. The van der Waals surface area contributed by atoms with Crippen LogP contribution >= 0.6 is 0 Å². The van der Waals surface area contributed by atoms with E-state index in [2.05, 4.69) is 10.6 Å². The van der Waals surface area contributed by atoms with Crippen molar-refractivity contribution in [1.29, 1.82) is 0 Å². The van der Waals surface area contributed by atoms with Gasteiger partial charge in [0.2, 0.25) is 17.7 Å². The molecule has 0 heterocycles. The van der Waals surface area contributed by atoms with Crippen LogP contribution in [0.5, 0.6) is 5.75 Å². The van der Waals surface area contributed by atoms with Crippen LogP contribution in [0.1, 0.15) is 59.3 Å². The topological polar surface area (TPSA) is 111 Å². The highest BCUT2D eigenvalue weighted by molar-refractivity contribution is 5.92. The molecule has 0 aliphatic rings. The summed E-state index contributed by atoms with van der Waals surface area (Å²) in [4.78, 5) is 36.7. The lowest BCUT2D eigenvalue weighted by atomic mass is 10.0. The molecule has 4 N–H and O–H groups in total. The normalized spacial score (nSPS) is 11.3. The number of carbonyl (C=O) groups excluding carboxylic acids is 3. The molecule has 0 spiro atoms. The molecule has 7 heteroatoms. The second-order valence-corrected chi connectivity index (χ2v) is 8.23. The van der Waals surface area contributed by atoms with Gasteiger partial charge in [0.25, 0.3) is 0 Å². The van der Waals surface area contributed by atoms with E-state index in [1.165, 1.54) is 0 Å². The van der Waals surface area contributed by atoms with Gasteiger partial charge in [-0.3, -0.25) is 14.4 Å². The number of hydrogen-bond acceptors (Lipinski definition) is 4. The summed E-state index contributed by atoms with van der Waals surface area (Å²) in [7, 11) is 0. The van der Waals surface area contributed by atoms with Crippen LogP contribution in [-0.2, 0) is 22.7 Å². The first kappa shape index (κ1) is 25.5. The third-order valence-corrected chi connectivity index (χ3v) is 5.49. The average Bonchev–Trinajstić information content (AvgIpc) is 2.89. The Morgan fingerprint density at radius 2 is 1.57 bits per heavy atom. The smallest absolute Gasteiger partial charge is 0.248 e. The summed E-state index contributed by atoms with van der Waals surface area (Å²) in [6, 6.07) is 22.8. The van der Waals surface area contributed by atoms with Crippen LogP contribution in [0.25, 0.3) is 0 Å². The maximum atomic E-state index is 13.1. The minimum Gasteiger partial charge on any atom is -0.489 e. The van der Waals surface area contributed by atoms with Crippen LogP contribution in [0.2, 0.25) is 0 Å². The number of amides is 3. The minimum absolute atomic E-state index is 0.179. The highest BCUT2D eigenvalue weighted by atomic mass is 16.5. The van der Waals surface area contributed by atoms with Gasteiger partial charge in [-0.15, -0.1) is 0 Å². The Bertz CT molecular complexity index is 1110. The molecule has 1 atom stereocenters. The SMILES string of the molecule is CCCCC(=O)N[C@H](C(=O)NCc1ccc(C(N)=O)cc1)c1ccc(OCc2ccccc2)cc1. The molecule has 3 aromatic carbocycles. The number of rotatable bonds is 12. The zero-order valence-corrected chi connectivity index (χ0v) is 19.8. The fourth-order valence-electron chi connectivity index (χ4n) is 3.45. The third kappa shape index (κ3) is 7.99. The molecular formula is C28H31N3O4. The Kier molecular flexibility index (Phi) is 9.42. The van der Waals surface area contributed by atoms with Crippen LogP contribution in [0, 0.1) is 0 Å². The second-order valence-electron chi connectivity index (χ2n) is 8.23. The fraction of sp³-hybridized carbons (Fsp3) is 0.250. The quantitative estimate of drug-likeness (QED) is 0.369. The van der Waals surface area contributed by atoms with E-state index in [-0.39, 0.29) is 18.4 Å². The highest BCUT2D eigenvalue weighted by Crippen LogP contribution is 2.20. The number of hydrogen-bond donors (Lipinski definition) is 3. The number of ether oxygens (including phenoxy) is 1. The number of benzene rings is 3. The molecule has 35 heavy (non-hydrogen) atoms. The molecule has 7 nitrogen and oxygen atoms in total. The highest BCUT2D eigenvalue weighted by Gasteiger charge is 2.22. The number of unbranched alkanes of at least 4 members (excludes halogenated alkanes) is 1. The first-order chi connectivity index (χ1) is 17.0. The standard InChI is InChI=1S/C28H31N3O4/c1-2-3-9-25(32)31-26(28(34)30-18-20-10-12-23(13-11-20)27(29)33)22-14-16-24(17-15-22)35-19-21-7-5-4-6-8-21/h4-8,10-17,26H,2-3,9,18-19H2,1H3,(H2,29,33)(H,30,34)(H,31,32)/t26-/m0/s1. The summed E-state index contributed by atoms with van der Waals surface area (Å²) in [6.07, 6.45) is 1.99. The molecule has 182 valence electrons. The summed E-state index contributed by atoms with van der Waals surface area (Å²) < 4.78 is 5.83. The van der Waals surface area contributed by atoms with E-state index in [1.807, 2.05) is 37.3 Å². The number of carbonyl (C=O) groups is 3. The van der Waals surface area contributed by atoms with Crippen LogP contribution in [0.15, 0.2) is 78.9 Å². The Balaban J connectivity index is 1.67. The van der Waals surface area contributed by atoms with Gasteiger partial charge in [-0.2, -0.15) is 0 Å². The molecule has 0 fully saturated rings. The van der Waals surface area contributed by atoms with Crippen molar-refractivity contribution in [2.24, 2.45) is 5.73 Å². The Labute approximate surface area is 205 Å². The van der Waals surface area contributed by atoms with Gasteiger partial charge in [-0.05, 0) is 47.4 Å². The van der Waals surface area contributed by atoms with Gasteiger partial charge in [0, 0.05) is 18.5 Å². The van der Waals surface area contributed by atoms with Crippen molar-refractivity contribution in [3.63, 3.8) is 0 Å². The minimum atomic E-state index is -0.840. The van der Waals surface area contributed by atoms with Crippen LogP contribution in [0.4, 0.5) is 0 Å². The summed E-state index contributed by atoms with van der Waals surface area (Å²) >= 11 is 0. The Morgan fingerprint density at radius 3 is 2.20 bits per heavy atom. The molecule has 3 rings (SSSR count). The molecule has 3 amide bonds. The van der Waals surface area contributed by atoms with Gasteiger partial charge in [0.1, 0.15) is 18.4 Å². The molecule has 0 aromatic heterocycles. The average molecular weight is 474 g/mol. The lowest BCUT2D eigenvalue weighted by Crippen LogP contribution is -2.40. The fourth-order valence-corrected chi connectivity index (χ4v) is 3.45. The molecule has 0 bridgehead atoms. The van der Waals surface area contributed by atoms with E-state index >= 15 is 0 Å². The maximum Gasteiger partial charge on any atom is 0.248 e. The van der Waals surface area contributed by atoms with Crippen molar-refractivity contribution < 1.29 is 19.1 Å². The van der Waals surface area contributed by atoms with Crippen LogP contribution in [-0.4, -0.2) is 17.7 Å². The summed E-state index contributed by atoms with van der Waals surface area (Å²) in [5.41, 5.74) is 8.19. The number of nitrogens with one attached hydrogen (secondary N) is 2. The van der Waals surface area contributed by atoms with E-state index in [0.717, 1.165) is 24.0 Å². The molecular weight excluding hydrogens is 442 g/mol. The lowest BCUT2D eigenvalue weighted by Gasteiger charge is -2.19. The number of nitrogens with two attached hydrogens (primary N) is 1. The first-order valence-electron chi connectivity index (χ1n) is 11.7. The lowest BCUT2D eigenvalue weighted by molar-refractivity contribution is -0.129. The van der Waals surface area contributed by atoms with Gasteiger partial charge < -0.3 is 21.1 Å². The van der Waals surface area contributed by atoms with Crippen molar-refractivity contribution in [2.75, 3.05) is 0 Å². The van der Waals surface area contributed by atoms with E-state index in [0.29, 0.717) is 29.9 Å². The summed E-state index contributed by atoms with van der Waals surface area (Å²) in [5.74, 6) is -0.343. The second kappa shape index (κ2) is 12.9. The first-order valence-corrected chi connectivity index (χ1v) is 11.7. The van der Waals surface area contributed by atoms with Crippen molar-refractivity contribution in [1.82, 2.24) is 10.6 Å². The van der Waals surface area contributed by atoms with Crippen molar-refractivity contribution in [2.45, 2.75) is 45.4 Å². The van der Waals surface area contributed by atoms with Crippen LogP contribution in [0.3, 0.4) is 0 Å². The Morgan fingerprint density at radius 1 is 0.886 bits per heavy atom. The van der Waals surface area contributed by atoms with Gasteiger partial charge in [0.15, 0.2) is 0 Å².